The summed E-state index contributed by atoms with van der Waals surface area (Å²) in [6, 6.07) is 2.59. The number of aliphatic hydroxyl groups excluding tert-OH is 1. The average Bonchev–Trinajstić information content (AvgIpc) is 2.52. The van der Waals surface area contributed by atoms with Gasteiger partial charge in [0.2, 0.25) is 0 Å². The minimum absolute atomic E-state index is 0.0559. The number of nitrogens with zero attached hydrogens (tertiary/aromatic N) is 2. The van der Waals surface area contributed by atoms with Crippen LogP contribution < -0.4 is 10.6 Å². The molecule has 1 aliphatic rings. The fourth-order valence-corrected chi connectivity index (χ4v) is 2.29. The van der Waals surface area contributed by atoms with Crippen LogP contribution in [0.25, 0.3) is 11.0 Å². The van der Waals surface area contributed by atoms with E-state index in [-0.39, 0.29) is 23.3 Å². The monoisotopic (exact) mass is 322 g/mol. The Hall–Kier alpha value is -2.77. The summed E-state index contributed by atoms with van der Waals surface area (Å²) in [5, 5.41) is 15.5. The third-order valence-corrected chi connectivity index (χ3v) is 3.36. The van der Waals surface area contributed by atoms with Gasteiger partial charge in [-0.3, -0.25) is 9.97 Å². The van der Waals surface area contributed by atoms with Crippen molar-refractivity contribution in [2.24, 2.45) is 0 Å². The second kappa shape index (κ2) is 5.79. The van der Waals surface area contributed by atoms with E-state index < -0.39 is 11.7 Å². The van der Waals surface area contributed by atoms with Crippen LogP contribution in [0.2, 0.25) is 0 Å². The number of aliphatic hydroxyl groups is 1. The van der Waals surface area contributed by atoms with E-state index in [2.05, 4.69) is 20.6 Å². The molecule has 5 nitrogen and oxygen atoms in total. The number of nitrogens with one attached hydrogen (secondary N) is 2. The summed E-state index contributed by atoms with van der Waals surface area (Å²) in [4.78, 5) is 7.73. The number of fused-ring (bicyclic) bond motifs is 1. The predicted molar refractivity (Wildman–Crippen MR) is 78.2 cm³/mol. The van der Waals surface area contributed by atoms with Crippen molar-refractivity contribution in [3.63, 3.8) is 0 Å². The zero-order chi connectivity index (χ0) is 16.4. The summed E-state index contributed by atoms with van der Waals surface area (Å²) in [6.45, 7) is 0.613. The molecule has 2 heterocycles. The third kappa shape index (κ3) is 3.20. The lowest BCUT2D eigenvalue weighted by Gasteiger charge is -2.16. The highest BCUT2D eigenvalue weighted by atomic mass is 19.4. The molecule has 1 aromatic carbocycles. The molecule has 0 radical (unpaired) electrons. The number of halogens is 3. The normalized spacial score (nSPS) is 14.9. The van der Waals surface area contributed by atoms with Crippen LogP contribution in [0.4, 0.5) is 13.2 Å². The van der Waals surface area contributed by atoms with Gasteiger partial charge in [-0.15, -0.1) is 0 Å². The van der Waals surface area contributed by atoms with Gasteiger partial charge in [-0.05, 0) is 23.8 Å². The van der Waals surface area contributed by atoms with Crippen molar-refractivity contribution in [2.75, 3.05) is 6.54 Å². The van der Waals surface area contributed by atoms with E-state index in [0.29, 0.717) is 17.8 Å². The van der Waals surface area contributed by atoms with E-state index >= 15 is 0 Å². The second-order valence-electron chi connectivity index (χ2n) is 4.97. The molecule has 8 heteroatoms. The molecule has 0 aliphatic carbocycles. The standard InChI is InChI=1S/C15H13F3N4O/c16-15(17,18)10-5-9(6-11-14(10)21-4-3-20-11)7-22-12-8-19-2-1-13(12)23/h1,3-6,8,19,22-23H,2,7H2. The smallest absolute Gasteiger partial charge is 0.418 e. The topological polar surface area (TPSA) is 70.1 Å². The van der Waals surface area contributed by atoms with Crippen molar-refractivity contribution in [2.45, 2.75) is 12.7 Å². The minimum atomic E-state index is -4.52. The number of dihydropyridines is 1. The lowest BCUT2D eigenvalue weighted by molar-refractivity contribution is -0.136. The van der Waals surface area contributed by atoms with Crippen LogP contribution in [0.1, 0.15) is 11.1 Å². The zero-order valence-corrected chi connectivity index (χ0v) is 11.9. The zero-order valence-electron chi connectivity index (χ0n) is 11.9. The lowest BCUT2D eigenvalue weighted by atomic mass is 10.1. The first-order chi connectivity index (χ1) is 10.9. The van der Waals surface area contributed by atoms with Gasteiger partial charge >= 0.3 is 6.18 Å². The first-order valence-corrected chi connectivity index (χ1v) is 6.83. The van der Waals surface area contributed by atoms with E-state index in [4.69, 9.17) is 0 Å². The van der Waals surface area contributed by atoms with Gasteiger partial charge in [0.1, 0.15) is 11.3 Å². The third-order valence-electron chi connectivity index (χ3n) is 3.36. The maximum absolute atomic E-state index is 13.2. The molecule has 1 aromatic heterocycles. The van der Waals surface area contributed by atoms with Crippen molar-refractivity contribution in [3.05, 3.63) is 59.4 Å². The summed E-state index contributed by atoms with van der Waals surface area (Å²) >= 11 is 0. The predicted octanol–water partition coefficient (Wildman–Crippen LogP) is 2.62. The molecule has 0 unspecified atom stereocenters. The van der Waals surface area contributed by atoms with E-state index in [1.54, 1.807) is 18.3 Å². The van der Waals surface area contributed by atoms with Gasteiger partial charge in [-0.2, -0.15) is 13.2 Å². The molecule has 2 aromatic rings. The SMILES string of the molecule is OC1=CCNC=C1NCc1cc(C(F)(F)F)c2nccnc2c1. The summed E-state index contributed by atoms with van der Waals surface area (Å²) < 4.78 is 39.6. The number of benzene rings is 1. The van der Waals surface area contributed by atoms with Crippen LogP contribution in [0.3, 0.4) is 0 Å². The van der Waals surface area contributed by atoms with Gasteiger partial charge in [-0.1, -0.05) is 0 Å². The van der Waals surface area contributed by atoms with Crippen molar-refractivity contribution >= 4 is 11.0 Å². The molecule has 3 rings (SSSR count). The van der Waals surface area contributed by atoms with Crippen LogP contribution in [0.5, 0.6) is 0 Å². The Labute approximate surface area is 129 Å². The molecule has 0 amide bonds. The Balaban J connectivity index is 1.92. The van der Waals surface area contributed by atoms with Crippen LogP contribution in [-0.4, -0.2) is 21.6 Å². The maximum Gasteiger partial charge on any atom is 0.418 e. The van der Waals surface area contributed by atoms with Gasteiger partial charge in [0.15, 0.2) is 0 Å². The van der Waals surface area contributed by atoms with E-state index in [1.165, 1.54) is 12.4 Å². The quantitative estimate of drug-likeness (QED) is 0.810. The van der Waals surface area contributed by atoms with Gasteiger partial charge < -0.3 is 15.7 Å². The summed E-state index contributed by atoms with van der Waals surface area (Å²) in [7, 11) is 0. The molecule has 1 aliphatic heterocycles. The van der Waals surface area contributed by atoms with Crippen LogP contribution in [0.15, 0.2) is 48.3 Å². The number of hydrogen-bond donors (Lipinski definition) is 3. The Bertz CT molecular complexity index is 799. The molecule has 23 heavy (non-hydrogen) atoms. The highest BCUT2D eigenvalue weighted by Gasteiger charge is 2.34. The first kappa shape index (κ1) is 15.1. The lowest BCUT2D eigenvalue weighted by Crippen LogP contribution is -2.22. The summed E-state index contributed by atoms with van der Waals surface area (Å²) in [5.41, 5.74) is -0.0104. The molecular formula is C15H13F3N4O. The van der Waals surface area contributed by atoms with Crippen molar-refractivity contribution in [3.8, 4) is 0 Å². The molecule has 120 valence electrons. The van der Waals surface area contributed by atoms with E-state index in [1.807, 2.05) is 0 Å². The highest BCUT2D eigenvalue weighted by Crippen LogP contribution is 2.34. The van der Waals surface area contributed by atoms with Gasteiger partial charge in [0, 0.05) is 31.7 Å². The largest absolute Gasteiger partial charge is 0.506 e. The van der Waals surface area contributed by atoms with Crippen LogP contribution >= 0.6 is 0 Å². The maximum atomic E-state index is 13.2. The minimum Gasteiger partial charge on any atom is -0.506 e. The van der Waals surface area contributed by atoms with Crippen molar-refractivity contribution in [1.29, 1.82) is 0 Å². The fraction of sp³-hybridized carbons (Fsp3) is 0.200. The first-order valence-electron chi connectivity index (χ1n) is 6.83. The van der Waals surface area contributed by atoms with Crippen molar-refractivity contribution in [1.82, 2.24) is 20.6 Å². The van der Waals surface area contributed by atoms with E-state index in [9.17, 15) is 18.3 Å². The Kier molecular flexibility index (Phi) is 3.81. The summed E-state index contributed by atoms with van der Waals surface area (Å²) in [5.74, 6) is 0.0559. The van der Waals surface area contributed by atoms with Crippen LogP contribution in [-0.2, 0) is 12.7 Å². The number of aromatic nitrogens is 2. The number of alkyl halides is 3. The molecule has 0 bridgehead atoms. The molecule has 0 spiro atoms. The molecule has 3 N–H and O–H groups in total. The number of hydrogen-bond acceptors (Lipinski definition) is 5. The van der Waals surface area contributed by atoms with Gasteiger partial charge in [-0.25, -0.2) is 0 Å². The highest BCUT2D eigenvalue weighted by molar-refractivity contribution is 5.79. The van der Waals surface area contributed by atoms with Gasteiger partial charge in [0.25, 0.3) is 0 Å². The van der Waals surface area contributed by atoms with Gasteiger partial charge in [0.05, 0.1) is 16.8 Å². The second-order valence-corrected chi connectivity index (χ2v) is 4.97. The molecule has 0 fully saturated rings. The fourth-order valence-electron chi connectivity index (χ4n) is 2.29. The molecular weight excluding hydrogens is 309 g/mol. The Morgan fingerprint density at radius 2 is 2.00 bits per heavy atom. The molecule has 0 atom stereocenters. The van der Waals surface area contributed by atoms with E-state index in [0.717, 1.165) is 6.07 Å². The average molecular weight is 322 g/mol. The van der Waals surface area contributed by atoms with Crippen molar-refractivity contribution < 1.29 is 18.3 Å². The number of rotatable bonds is 3. The molecule has 0 saturated carbocycles. The summed E-state index contributed by atoms with van der Waals surface area (Å²) in [6.07, 6.45) is 1.20. The Morgan fingerprint density at radius 1 is 1.22 bits per heavy atom. The Morgan fingerprint density at radius 3 is 2.74 bits per heavy atom. The molecule has 0 saturated heterocycles. The van der Waals surface area contributed by atoms with Crippen LogP contribution in [0, 0.1) is 0 Å².